The zero-order chi connectivity index (χ0) is 15.0. The molecule has 0 aliphatic heterocycles. The molecule has 0 fully saturated rings. The predicted molar refractivity (Wildman–Crippen MR) is 78.4 cm³/mol. The summed E-state index contributed by atoms with van der Waals surface area (Å²) in [7, 11) is 0. The maximum atomic E-state index is 10.8. The van der Waals surface area contributed by atoms with Gasteiger partial charge < -0.3 is 20.5 Å². The predicted octanol–water partition coefficient (Wildman–Crippen LogP) is 1.41. The second-order valence-corrected chi connectivity index (χ2v) is 5.02. The molecule has 0 saturated carbocycles. The molecule has 0 aliphatic rings. The second kappa shape index (κ2) is 8.55. The molecule has 5 heteroatoms. The Balaban J connectivity index is 2.34. The number of hydrogen-bond donors (Lipinski definition) is 3. The first kappa shape index (κ1) is 16.5. The van der Waals surface area contributed by atoms with Crippen molar-refractivity contribution in [1.29, 1.82) is 0 Å². The molecule has 3 N–H and O–H groups in total. The van der Waals surface area contributed by atoms with Gasteiger partial charge in [-0.25, -0.2) is 0 Å². The molecule has 0 radical (unpaired) electrons. The van der Waals surface area contributed by atoms with Gasteiger partial charge in [-0.05, 0) is 17.7 Å². The van der Waals surface area contributed by atoms with Crippen molar-refractivity contribution in [3.8, 4) is 5.75 Å². The fourth-order valence-electron chi connectivity index (χ4n) is 1.62. The number of nitrogens with one attached hydrogen (secondary N) is 2. The Kier molecular flexibility index (Phi) is 7.04. The molecule has 5 nitrogen and oxygen atoms in total. The third kappa shape index (κ3) is 7.11. The largest absolute Gasteiger partial charge is 0.465 e. The molecule has 0 aromatic heterocycles. The van der Waals surface area contributed by atoms with E-state index in [-0.39, 0.29) is 5.91 Å². The van der Waals surface area contributed by atoms with Crippen LogP contribution in [0, 0.1) is 0 Å². The number of aliphatic hydroxyl groups is 1. The molecule has 0 heterocycles. The molecule has 1 aromatic carbocycles. The van der Waals surface area contributed by atoms with Crippen LogP contribution in [-0.4, -0.2) is 29.9 Å². The topological polar surface area (TPSA) is 70.6 Å². The van der Waals surface area contributed by atoms with Gasteiger partial charge in [-0.15, -0.1) is 0 Å². The van der Waals surface area contributed by atoms with Gasteiger partial charge in [0.05, 0.1) is 0 Å². The number of rotatable bonds is 8. The van der Waals surface area contributed by atoms with Gasteiger partial charge >= 0.3 is 0 Å². The van der Waals surface area contributed by atoms with Crippen molar-refractivity contribution in [2.45, 2.75) is 46.1 Å². The van der Waals surface area contributed by atoms with Crippen LogP contribution in [0.1, 0.15) is 32.8 Å². The van der Waals surface area contributed by atoms with Gasteiger partial charge in [-0.1, -0.05) is 26.0 Å². The number of hydrogen-bond acceptors (Lipinski definition) is 4. The standard InChI is InChI=1S/C15H24N2O3/c1-11(2)16-9-8-15(19)20-14-6-4-13(5-7-14)10-17-12(3)18/h4-7,11,15-16,19H,8-10H2,1-3H3,(H,17,18). The molecule has 0 bridgehead atoms. The average Bonchev–Trinajstić information content (AvgIpc) is 2.37. The summed E-state index contributed by atoms with van der Waals surface area (Å²) in [5, 5.41) is 15.7. The minimum atomic E-state index is -0.817. The number of amides is 1. The highest BCUT2D eigenvalue weighted by atomic mass is 16.6. The summed E-state index contributed by atoms with van der Waals surface area (Å²) in [6.45, 7) is 6.80. The smallest absolute Gasteiger partial charge is 0.217 e. The Bertz CT molecular complexity index is 404. The first-order valence-corrected chi connectivity index (χ1v) is 6.89. The minimum absolute atomic E-state index is 0.0570. The highest BCUT2D eigenvalue weighted by Crippen LogP contribution is 2.14. The molecule has 1 unspecified atom stereocenters. The lowest BCUT2D eigenvalue weighted by Gasteiger charge is -2.15. The Morgan fingerprint density at radius 3 is 2.50 bits per heavy atom. The average molecular weight is 280 g/mol. The van der Waals surface area contributed by atoms with E-state index >= 15 is 0 Å². The van der Waals surface area contributed by atoms with Crippen LogP contribution in [-0.2, 0) is 11.3 Å². The molecular weight excluding hydrogens is 256 g/mol. The van der Waals surface area contributed by atoms with Crippen molar-refractivity contribution < 1.29 is 14.6 Å². The van der Waals surface area contributed by atoms with Crippen molar-refractivity contribution in [3.63, 3.8) is 0 Å². The van der Waals surface area contributed by atoms with E-state index in [1.165, 1.54) is 6.92 Å². The number of ether oxygens (including phenoxy) is 1. The molecule has 0 spiro atoms. The van der Waals surface area contributed by atoms with E-state index in [0.717, 1.165) is 5.56 Å². The van der Waals surface area contributed by atoms with Gasteiger partial charge in [-0.3, -0.25) is 4.79 Å². The van der Waals surface area contributed by atoms with Gasteiger partial charge in [0, 0.05) is 32.5 Å². The van der Waals surface area contributed by atoms with Crippen LogP contribution in [0.5, 0.6) is 5.75 Å². The monoisotopic (exact) mass is 280 g/mol. The summed E-state index contributed by atoms with van der Waals surface area (Å²) in [4.78, 5) is 10.8. The lowest BCUT2D eigenvalue weighted by Crippen LogP contribution is -2.28. The molecule has 1 amide bonds. The lowest BCUT2D eigenvalue weighted by atomic mass is 10.2. The summed E-state index contributed by atoms with van der Waals surface area (Å²) in [5.74, 6) is 0.562. The Hall–Kier alpha value is -1.59. The molecule has 0 saturated heterocycles. The quantitative estimate of drug-likeness (QED) is 0.630. The van der Waals surface area contributed by atoms with E-state index in [1.807, 2.05) is 12.1 Å². The normalized spacial score (nSPS) is 12.2. The summed E-state index contributed by atoms with van der Waals surface area (Å²) >= 11 is 0. The molecule has 112 valence electrons. The third-order valence-corrected chi connectivity index (χ3v) is 2.68. The van der Waals surface area contributed by atoms with E-state index in [2.05, 4.69) is 24.5 Å². The maximum Gasteiger partial charge on any atom is 0.217 e. The van der Waals surface area contributed by atoms with Crippen molar-refractivity contribution >= 4 is 5.91 Å². The summed E-state index contributed by atoms with van der Waals surface area (Å²) in [6.07, 6.45) is -0.284. The minimum Gasteiger partial charge on any atom is -0.465 e. The Labute approximate surface area is 120 Å². The Morgan fingerprint density at radius 1 is 1.30 bits per heavy atom. The van der Waals surface area contributed by atoms with Crippen LogP contribution < -0.4 is 15.4 Å². The number of aliphatic hydroxyl groups excluding tert-OH is 1. The van der Waals surface area contributed by atoms with Gasteiger partial charge in [0.2, 0.25) is 5.91 Å². The van der Waals surface area contributed by atoms with Crippen LogP contribution >= 0.6 is 0 Å². The first-order valence-electron chi connectivity index (χ1n) is 6.89. The van der Waals surface area contributed by atoms with Crippen molar-refractivity contribution in [2.75, 3.05) is 6.54 Å². The maximum absolute atomic E-state index is 10.8. The number of benzene rings is 1. The van der Waals surface area contributed by atoms with Crippen LogP contribution in [0.4, 0.5) is 0 Å². The van der Waals surface area contributed by atoms with Crippen molar-refractivity contribution in [2.24, 2.45) is 0 Å². The SMILES string of the molecule is CC(=O)NCc1ccc(OC(O)CCNC(C)C)cc1. The lowest BCUT2D eigenvalue weighted by molar-refractivity contribution is -0.119. The molecular formula is C15H24N2O3. The molecule has 1 atom stereocenters. The van der Waals surface area contributed by atoms with Crippen molar-refractivity contribution in [1.82, 2.24) is 10.6 Å². The number of carbonyl (C=O) groups is 1. The first-order chi connectivity index (χ1) is 9.47. The zero-order valence-electron chi connectivity index (χ0n) is 12.3. The molecule has 1 aromatic rings. The zero-order valence-corrected chi connectivity index (χ0v) is 12.3. The molecule has 0 aliphatic carbocycles. The molecule has 1 rings (SSSR count). The van der Waals surface area contributed by atoms with Crippen LogP contribution in [0.15, 0.2) is 24.3 Å². The summed E-state index contributed by atoms with van der Waals surface area (Å²) in [5.41, 5.74) is 0.989. The molecule has 20 heavy (non-hydrogen) atoms. The highest BCUT2D eigenvalue weighted by Gasteiger charge is 2.06. The van der Waals surface area contributed by atoms with Gasteiger partial charge in [0.1, 0.15) is 5.75 Å². The fraction of sp³-hybridized carbons (Fsp3) is 0.533. The van der Waals surface area contributed by atoms with E-state index in [4.69, 9.17) is 4.74 Å². The van der Waals surface area contributed by atoms with Gasteiger partial charge in [0.25, 0.3) is 0 Å². The van der Waals surface area contributed by atoms with Crippen LogP contribution in [0.3, 0.4) is 0 Å². The van der Waals surface area contributed by atoms with Gasteiger partial charge in [-0.2, -0.15) is 0 Å². The van der Waals surface area contributed by atoms with E-state index < -0.39 is 6.29 Å². The summed E-state index contributed by atoms with van der Waals surface area (Å²) in [6, 6.07) is 7.71. The van der Waals surface area contributed by atoms with Crippen LogP contribution in [0.2, 0.25) is 0 Å². The third-order valence-electron chi connectivity index (χ3n) is 2.68. The van der Waals surface area contributed by atoms with E-state index in [1.54, 1.807) is 12.1 Å². The fourth-order valence-corrected chi connectivity index (χ4v) is 1.62. The van der Waals surface area contributed by atoms with E-state index in [9.17, 15) is 9.90 Å². The van der Waals surface area contributed by atoms with E-state index in [0.29, 0.717) is 31.3 Å². The van der Waals surface area contributed by atoms with Crippen molar-refractivity contribution in [3.05, 3.63) is 29.8 Å². The van der Waals surface area contributed by atoms with Crippen LogP contribution in [0.25, 0.3) is 0 Å². The Morgan fingerprint density at radius 2 is 1.95 bits per heavy atom. The highest BCUT2D eigenvalue weighted by molar-refractivity contribution is 5.72. The second-order valence-electron chi connectivity index (χ2n) is 5.02. The summed E-state index contributed by atoms with van der Waals surface area (Å²) < 4.78 is 5.40. The van der Waals surface area contributed by atoms with Gasteiger partial charge in [0.15, 0.2) is 6.29 Å². The number of carbonyl (C=O) groups excluding carboxylic acids is 1.